The molecular weight excluding hydrogens is 297 g/mol. The van der Waals surface area contributed by atoms with Gasteiger partial charge in [-0.2, -0.15) is 0 Å². The molecule has 0 spiro atoms. The van der Waals surface area contributed by atoms with Crippen molar-refractivity contribution in [2.24, 2.45) is 0 Å². The summed E-state index contributed by atoms with van der Waals surface area (Å²) in [7, 11) is 0. The topological polar surface area (TPSA) is 12.0 Å². The predicted octanol–water partition coefficient (Wildman–Crippen LogP) is 5.60. The first-order chi connectivity index (χ1) is 11.7. The third-order valence-corrected chi connectivity index (χ3v) is 4.57. The van der Waals surface area contributed by atoms with Gasteiger partial charge in [0.2, 0.25) is 0 Å². The van der Waals surface area contributed by atoms with E-state index < -0.39 is 5.54 Å². The number of anilines is 1. The molecule has 1 aliphatic heterocycles. The Morgan fingerprint density at radius 1 is 0.792 bits per heavy atom. The molecule has 0 bridgehead atoms. The number of nitrogens with one attached hydrogen (secondary N) is 1. The van der Waals surface area contributed by atoms with Crippen molar-refractivity contribution in [3.63, 3.8) is 0 Å². The molecule has 3 aromatic rings. The smallest absolute Gasteiger partial charge is 0.123 e. The van der Waals surface area contributed by atoms with Gasteiger partial charge in [0.05, 0.1) is 5.54 Å². The summed E-state index contributed by atoms with van der Waals surface area (Å²) in [4.78, 5) is 0. The minimum absolute atomic E-state index is 0.217. The van der Waals surface area contributed by atoms with Gasteiger partial charge in [-0.3, -0.25) is 0 Å². The van der Waals surface area contributed by atoms with Gasteiger partial charge in [-0.15, -0.1) is 0 Å². The number of fused-ring (bicyclic) bond motifs is 1. The van der Waals surface area contributed by atoms with Gasteiger partial charge in [0.1, 0.15) is 5.82 Å². The summed E-state index contributed by atoms with van der Waals surface area (Å²) in [5.74, 6) is -0.217. The average molecular weight is 315 g/mol. The van der Waals surface area contributed by atoms with Crippen LogP contribution in [0.3, 0.4) is 0 Å². The lowest BCUT2D eigenvalue weighted by Gasteiger charge is -2.36. The molecule has 4 rings (SSSR count). The van der Waals surface area contributed by atoms with Crippen LogP contribution >= 0.6 is 0 Å². The second kappa shape index (κ2) is 5.64. The highest BCUT2D eigenvalue weighted by atomic mass is 19.1. The van der Waals surface area contributed by atoms with E-state index >= 15 is 0 Å². The minimum Gasteiger partial charge on any atom is -0.372 e. The molecule has 0 fully saturated rings. The van der Waals surface area contributed by atoms with Gasteiger partial charge in [-0.1, -0.05) is 60.7 Å². The first kappa shape index (κ1) is 14.7. The molecule has 1 atom stereocenters. The lowest BCUT2D eigenvalue weighted by atomic mass is 9.82. The normalized spacial score (nSPS) is 19.2. The van der Waals surface area contributed by atoms with E-state index in [-0.39, 0.29) is 5.82 Å². The van der Waals surface area contributed by atoms with E-state index in [9.17, 15) is 4.39 Å². The highest BCUT2D eigenvalue weighted by molar-refractivity contribution is 5.89. The highest BCUT2D eigenvalue weighted by Gasteiger charge is 2.30. The van der Waals surface area contributed by atoms with Crippen LogP contribution in [0, 0.1) is 5.82 Å². The summed E-state index contributed by atoms with van der Waals surface area (Å²) >= 11 is 0. The van der Waals surface area contributed by atoms with Crippen LogP contribution in [0.25, 0.3) is 5.57 Å². The molecule has 0 saturated carbocycles. The van der Waals surface area contributed by atoms with Crippen LogP contribution in [0.5, 0.6) is 0 Å². The maximum Gasteiger partial charge on any atom is 0.123 e. The maximum atomic E-state index is 13.3. The van der Waals surface area contributed by atoms with E-state index in [4.69, 9.17) is 0 Å². The second-order valence-corrected chi connectivity index (χ2v) is 6.30. The first-order valence-corrected chi connectivity index (χ1v) is 8.08. The molecule has 3 aromatic carbocycles. The third kappa shape index (κ3) is 2.50. The van der Waals surface area contributed by atoms with Crippen LogP contribution in [-0.4, -0.2) is 0 Å². The summed E-state index contributed by atoms with van der Waals surface area (Å²) in [6.07, 6.45) is 2.23. The van der Waals surface area contributed by atoms with Crippen molar-refractivity contribution in [2.45, 2.75) is 12.5 Å². The van der Waals surface area contributed by atoms with Gasteiger partial charge >= 0.3 is 0 Å². The fourth-order valence-electron chi connectivity index (χ4n) is 3.32. The molecule has 0 aliphatic carbocycles. The minimum atomic E-state index is -0.396. The molecule has 0 saturated heterocycles. The summed E-state index contributed by atoms with van der Waals surface area (Å²) in [5, 5.41) is 3.61. The van der Waals surface area contributed by atoms with E-state index in [0.29, 0.717) is 0 Å². The zero-order valence-electron chi connectivity index (χ0n) is 13.5. The fraction of sp³-hybridized carbons (Fsp3) is 0.0909. The third-order valence-electron chi connectivity index (χ3n) is 4.57. The van der Waals surface area contributed by atoms with E-state index in [1.807, 2.05) is 24.3 Å². The molecule has 1 aliphatic rings. The van der Waals surface area contributed by atoms with Crippen molar-refractivity contribution in [1.29, 1.82) is 0 Å². The van der Waals surface area contributed by atoms with Crippen molar-refractivity contribution in [3.05, 3.63) is 107 Å². The lowest BCUT2D eigenvalue weighted by Crippen LogP contribution is -2.33. The van der Waals surface area contributed by atoms with Crippen molar-refractivity contribution in [1.82, 2.24) is 0 Å². The van der Waals surface area contributed by atoms with Gasteiger partial charge in [0, 0.05) is 11.3 Å². The summed E-state index contributed by atoms with van der Waals surface area (Å²) in [5.41, 5.74) is 5.28. The van der Waals surface area contributed by atoms with Crippen molar-refractivity contribution in [2.75, 3.05) is 5.32 Å². The average Bonchev–Trinajstić information content (AvgIpc) is 2.62. The molecular formula is C22H18FN. The fourth-order valence-corrected chi connectivity index (χ4v) is 3.32. The van der Waals surface area contributed by atoms with Gasteiger partial charge in [-0.05, 0) is 47.9 Å². The Morgan fingerprint density at radius 3 is 2.21 bits per heavy atom. The van der Waals surface area contributed by atoms with Crippen LogP contribution < -0.4 is 5.32 Å². The Labute approximate surface area is 141 Å². The Hall–Kier alpha value is -2.87. The van der Waals surface area contributed by atoms with Crippen LogP contribution in [0.1, 0.15) is 23.6 Å². The van der Waals surface area contributed by atoms with Gasteiger partial charge in [-0.25, -0.2) is 4.39 Å². The van der Waals surface area contributed by atoms with Crippen LogP contribution in [0.2, 0.25) is 0 Å². The van der Waals surface area contributed by atoms with Gasteiger partial charge in [0.15, 0.2) is 0 Å². The molecule has 118 valence electrons. The molecule has 0 radical (unpaired) electrons. The molecule has 0 aromatic heterocycles. The van der Waals surface area contributed by atoms with Gasteiger partial charge in [0.25, 0.3) is 0 Å². The summed E-state index contributed by atoms with van der Waals surface area (Å²) in [6.45, 7) is 2.12. The number of para-hydroxylation sites is 1. The maximum absolute atomic E-state index is 13.3. The number of rotatable bonds is 2. The lowest BCUT2D eigenvalue weighted by molar-refractivity contribution is 0.621. The van der Waals surface area contributed by atoms with Gasteiger partial charge < -0.3 is 5.32 Å². The van der Waals surface area contributed by atoms with Crippen molar-refractivity contribution in [3.8, 4) is 0 Å². The number of hydrogen-bond donors (Lipinski definition) is 1. The van der Waals surface area contributed by atoms with Crippen molar-refractivity contribution >= 4 is 11.3 Å². The van der Waals surface area contributed by atoms with E-state index in [2.05, 4.69) is 60.8 Å². The standard InChI is InChI=1S/C22H18FN/c1-22(17-11-13-18(23)14-12-17)15-20(16-7-3-2-4-8-16)19-9-5-6-10-21(19)24-22/h2-15,24H,1H3. The molecule has 24 heavy (non-hydrogen) atoms. The van der Waals surface area contributed by atoms with Crippen LogP contribution in [-0.2, 0) is 5.54 Å². The zero-order chi connectivity index (χ0) is 16.6. The molecule has 2 heteroatoms. The molecule has 1 N–H and O–H groups in total. The van der Waals surface area contributed by atoms with E-state index in [0.717, 1.165) is 11.3 Å². The largest absolute Gasteiger partial charge is 0.372 e. The number of benzene rings is 3. The highest BCUT2D eigenvalue weighted by Crippen LogP contribution is 2.41. The Morgan fingerprint density at radius 2 is 1.46 bits per heavy atom. The Bertz CT molecular complexity index is 897. The monoisotopic (exact) mass is 315 g/mol. The predicted molar refractivity (Wildman–Crippen MR) is 97.3 cm³/mol. The van der Waals surface area contributed by atoms with Crippen LogP contribution in [0.4, 0.5) is 10.1 Å². The summed E-state index contributed by atoms with van der Waals surface area (Å²) < 4.78 is 13.3. The van der Waals surface area contributed by atoms with Crippen molar-refractivity contribution < 1.29 is 4.39 Å². The Kier molecular flexibility index (Phi) is 3.46. The summed E-state index contributed by atoms with van der Waals surface area (Å²) in [6, 6.07) is 25.4. The second-order valence-electron chi connectivity index (χ2n) is 6.30. The zero-order valence-corrected chi connectivity index (χ0v) is 13.5. The number of halogens is 1. The Balaban J connectivity index is 1.90. The molecule has 1 nitrogen and oxygen atoms in total. The van der Waals surface area contributed by atoms with E-state index in [1.165, 1.54) is 28.8 Å². The molecule has 1 unspecified atom stereocenters. The SMILES string of the molecule is CC1(c2ccc(F)cc2)C=C(c2ccccc2)c2ccccc2N1. The van der Waals surface area contributed by atoms with E-state index in [1.54, 1.807) is 0 Å². The molecule has 0 amide bonds. The van der Waals surface area contributed by atoms with Crippen LogP contribution in [0.15, 0.2) is 84.9 Å². The number of hydrogen-bond acceptors (Lipinski definition) is 1. The first-order valence-electron chi connectivity index (χ1n) is 8.08. The molecule has 1 heterocycles. The quantitative estimate of drug-likeness (QED) is 0.649.